The zero-order valence-corrected chi connectivity index (χ0v) is 12.6. The third-order valence-corrected chi connectivity index (χ3v) is 4.84. The molecule has 1 amide bonds. The van der Waals surface area contributed by atoms with Crippen LogP contribution in [-0.4, -0.2) is 19.1 Å². The molecule has 1 aliphatic heterocycles. The zero-order valence-electron chi connectivity index (χ0n) is 12.6. The summed E-state index contributed by atoms with van der Waals surface area (Å²) in [5, 5.41) is 3.06. The number of fused-ring (bicyclic) bond motifs is 1. The molecule has 0 fully saturated rings. The fourth-order valence-electron chi connectivity index (χ4n) is 3.77. The van der Waals surface area contributed by atoms with Crippen LogP contribution in [0.1, 0.15) is 52.4 Å². The maximum Gasteiger partial charge on any atom is 0.222 e. The minimum absolute atomic E-state index is 0.0839. The van der Waals surface area contributed by atoms with Crippen LogP contribution >= 0.6 is 0 Å². The van der Waals surface area contributed by atoms with E-state index in [1.165, 1.54) is 30.6 Å². The molecule has 0 saturated carbocycles. The maximum atomic E-state index is 11.6. The van der Waals surface area contributed by atoms with Gasteiger partial charge in [-0.05, 0) is 42.7 Å². The third-order valence-electron chi connectivity index (χ3n) is 4.84. The van der Waals surface area contributed by atoms with E-state index in [1.807, 2.05) is 13.8 Å². The Morgan fingerprint density at radius 3 is 2.95 bits per heavy atom. The number of carbonyl (C=O) groups excluding carboxylic acids is 1. The first-order chi connectivity index (χ1) is 9.66. The van der Waals surface area contributed by atoms with Gasteiger partial charge in [0.2, 0.25) is 5.91 Å². The first kappa shape index (κ1) is 13.7. The minimum Gasteiger partial charge on any atom is -0.497 e. The Balaban J connectivity index is 1.61. The van der Waals surface area contributed by atoms with E-state index in [2.05, 4.69) is 5.32 Å². The number of amides is 1. The van der Waals surface area contributed by atoms with Gasteiger partial charge in [0.25, 0.3) is 0 Å². The summed E-state index contributed by atoms with van der Waals surface area (Å²) in [6, 6.07) is 0. The first-order valence-electron chi connectivity index (χ1n) is 8.01. The molecule has 0 aromatic carbocycles. The molecule has 0 aromatic rings. The van der Waals surface area contributed by atoms with Gasteiger partial charge in [-0.15, -0.1) is 0 Å². The summed E-state index contributed by atoms with van der Waals surface area (Å²) in [4.78, 5) is 11.6. The Hall–Kier alpha value is -1.25. The fraction of sp³-hybridized carbons (Fsp3) is 0.706. The van der Waals surface area contributed by atoms with Crippen LogP contribution in [0.3, 0.4) is 0 Å². The highest BCUT2D eigenvalue weighted by molar-refractivity contribution is 5.77. The SMILES string of the molecule is CC(C)C(=O)NCC[C@@H]1CCC2=C1C1=C(CC2)OCC1. The van der Waals surface area contributed by atoms with Gasteiger partial charge in [-0.2, -0.15) is 0 Å². The molecule has 0 radical (unpaired) electrons. The Bertz CT molecular complexity index is 473. The highest BCUT2D eigenvalue weighted by atomic mass is 16.5. The molecule has 3 nitrogen and oxygen atoms in total. The molecule has 3 aliphatic rings. The van der Waals surface area contributed by atoms with Crippen molar-refractivity contribution in [3.8, 4) is 0 Å². The van der Waals surface area contributed by atoms with Crippen molar-refractivity contribution in [1.82, 2.24) is 5.32 Å². The van der Waals surface area contributed by atoms with Crippen LogP contribution in [0.2, 0.25) is 0 Å². The van der Waals surface area contributed by atoms with Crippen molar-refractivity contribution in [2.75, 3.05) is 13.2 Å². The van der Waals surface area contributed by atoms with Gasteiger partial charge in [0.1, 0.15) is 0 Å². The molecular formula is C17H25NO2. The summed E-state index contributed by atoms with van der Waals surface area (Å²) in [5.74, 6) is 2.16. The molecule has 3 heteroatoms. The van der Waals surface area contributed by atoms with E-state index in [1.54, 1.807) is 11.1 Å². The highest BCUT2D eigenvalue weighted by Gasteiger charge is 2.34. The molecule has 1 atom stereocenters. The standard InChI is InChI=1S/C17H25NO2/c1-11(2)17(19)18-9-7-13-4-3-12-5-6-15-14(16(12)13)8-10-20-15/h11,13H,3-10H2,1-2H3,(H,18,19)/t13-/m0/s1. The lowest BCUT2D eigenvalue weighted by molar-refractivity contribution is -0.124. The summed E-state index contributed by atoms with van der Waals surface area (Å²) in [7, 11) is 0. The summed E-state index contributed by atoms with van der Waals surface area (Å²) in [5.41, 5.74) is 4.81. The van der Waals surface area contributed by atoms with Crippen molar-refractivity contribution in [3.63, 3.8) is 0 Å². The number of hydrogen-bond donors (Lipinski definition) is 1. The van der Waals surface area contributed by atoms with Crippen molar-refractivity contribution in [1.29, 1.82) is 0 Å². The van der Waals surface area contributed by atoms with E-state index < -0.39 is 0 Å². The van der Waals surface area contributed by atoms with Gasteiger partial charge in [0, 0.05) is 25.3 Å². The zero-order chi connectivity index (χ0) is 14.1. The first-order valence-corrected chi connectivity index (χ1v) is 8.01. The van der Waals surface area contributed by atoms with Crippen molar-refractivity contribution >= 4 is 5.91 Å². The van der Waals surface area contributed by atoms with E-state index >= 15 is 0 Å². The molecule has 2 aliphatic carbocycles. The smallest absolute Gasteiger partial charge is 0.222 e. The van der Waals surface area contributed by atoms with Crippen LogP contribution < -0.4 is 5.32 Å². The number of allylic oxidation sites excluding steroid dienone is 3. The monoisotopic (exact) mass is 275 g/mol. The molecule has 0 saturated heterocycles. The summed E-state index contributed by atoms with van der Waals surface area (Å²) < 4.78 is 5.76. The van der Waals surface area contributed by atoms with Crippen molar-refractivity contribution in [2.24, 2.45) is 11.8 Å². The lowest BCUT2D eigenvalue weighted by atomic mass is 9.85. The number of ether oxygens (including phenoxy) is 1. The molecule has 3 rings (SSSR count). The average molecular weight is 275 g/mol. The second-order valence-corrected chi connectivity index (χ2v) is 6.49. The average Bonchev–Trinajstić information content (AvgIpc) is 3.03. The molecule has 1 N–H and O–H groups in total. The second-order valence-electron chi connectivity index (χ2n) is 6.49. The van der Waals surface area contributed by atoms with Gasteiger partial charge in [-0.3, -0.25) is 4.79 Å². The van der Waals surface area contributed by atoms with E-state index in [0.29, 0.717) is 5.92 Å². The van der Waals surface area contributed by atoms with Crippen LogP contribution in [0.4, 0.5) is 0 Å². The Morgan fingerprint density at radius 2 is 2.15 bits per heavy atom. The minimum atomic E-state index is 0.0839. The predicted octanol–water partition coefficient (Wildman–Crippen LogP) is 3.32. The fourth-order valence-corrected chi connectivity index (χ4v) is 3.77. The number of rotatable bonds is 4. The Kier molecular flexibility index (Phi) is 3.86. The lowest BCUT2D eigenvalue weighted by Gasteiger charge is -2.21. The van der Waals surface area contributed by atoms with Crippen LogP contribution in [0, 0.1) is 11.8 Å². The highest BCUT2D eigenvalue weighted by Crippen LogP contribution is 2.48. The molecule has 0 aromatic heterocycles. The van der Waals surface area contributed by atoms with Crippen molar-refractivity contribution in [2.45, 2.75) is 52.4 Å². The van der Waals surface area contributed by atoms with Gasteiger partial charge >= 0.3 is 0 Å². The number of hydrogen-bond acceptors (Lipinski definition) is 2. The normalized spacial score (nSPS) is 24.9. The molecular weight excluding hydrogens is 250 g/mol. The van der Waals surface area contributed by atoms with Crippen LogP contribution in [0.15, 0.2) is 22.5 Å². The van der Waals surface area contributed by atoms with Gasteiger partial charge in [0.15, 0.2) is 0 Å². The molecule has 0 bridgehead atoms. The van der Waals surface area contributed by atoms with Crippen LogP contribution in [0.25, 0.3) is 0 Å². The van der Waals surface area contributed by atoms with Gasteiger partial charge in [0.05, 0.1) is 12.4 Å². The number of nitrogens with one attached hydrogen (secondary N) is 1. The van der Waals surface area contributed by atoms with E-state index in [9.17, 15) is 4.79 Å². The van der Waals surface area contributed by atoms with E-state index in [-0.39, 0.29) is 11.8 Å². The van der Waals surface area contributed by atoms with Crippen molar-refractivity contribution < 1.29 is 9.53 Å². The Labute approximate surface area is 121 Å². The Morgan fingerprint density at radius 1 is 1.30 bits per heavy atom. The van der Waals surface area contributed by atoms with Gasteiger partial charge < -0.3 is 10.1 Å². The lowest BCUT2D eigenvalue weighted by Crippen LogP contribution is -2.29. The van der Waals surface area contributed by atoms with E-state index in [4.69, 9.17) is 4.74 Å². The third kappa shape index (κ3) is 2.50. The summed E-state index contributed by atoms with van der Waals surface area (Å²) in [6.07, 6.45) is 7.01. The maximum absolute atomic E-state index is 11.6. The number of carbonyl (C=O) groups is 1. The largest absolute Gasteiger partial charge is 0.497 e. The summed E-state index contributed by atoms with van der Waals surface area (Å²) >= 11 is 0. The molecule has 20 heavy (non-hydrogen) atoms. The van der Waals surface area contributed by atoms with Crippen LogP contribution in [0.5, 0.6) is 0 Å². The summed E-state index contributed by atoms with van der Waals surface area (Å²) in [6.45, 7) is 5.57. The predicted molar refractivity (Wildman–Crippen MR) is 79.0 cm³/mol. The van der Waals surface area contributed by atoms with Crippen molar-refractivity contribution in [3.05, 3.63) is 22.5 Å². The quantitative estimate of drug-likeness (QED) is 0.854. The molecule has 0 spiro atoms. The molecule has 0 unspecified atom stereocenters. The van der Waals surface area contributed by atoms with Crippen LogP contribution in [-0.2, 0) is 9.53 Å². The topological polar surface area (TPSA) is 38.3 Å². The van der Waals surface area contributed by atoms with Gasteiger partial charge in [-0.25, -0.2) is 0 Å². The molecule has 110 valence electrons. The van der Waals surface area contributed by atoms with Gasteiger partial charge in [-0.1, -0.05) is 19.4 Å². The molecule has 1 heterocycles. The van der Waals surface area contributed by atoms with E-state index in [0.717, 1.165) is 32.4 Å². The second kappa shape index (κ2) is 5.63.